The number of carboxylic acids is 1. The fourth-order valence-electron chi connectivity index (χ4n) is 2.98. The van der Waals surface area contributed by atoms with E-state index in [1.807, 2.05) is 0 Å². The van der Waals surface area contributed by atoms with Crippen LogP contribution in [0, 0.1) is 0 Å². The van der Waals surface area contributed by atoms with Crippen molar-refractivity contribution in [2.24, 2.45) is 0 Å². The molecule has 116 valence electrons. The van der Waals surface area contributed by atoms with E-state index in [4.69, 9.17) is 5.11 Å². The molecule has 0 bridgehead atoms. The number of aliphatic carboxylic acids is 1. The topological polar surface area (TPSA) is 104 Å². The third-order valence-electron chi connectivity index (χ3n) is 4.19. The lowest BCUT2D eigenvalue weighted by atomic mass is 9.74. The molecule has 0 radical (unpaired) electrons. The van der Waals surface area contributed by atoms with E-state index in [-0.39, 0.29) is 24.6 Å². The van der Waals surface area contributed by atoms with Crippen molar-refractivity contribution in [2.45, 2.75) is 37.8 Å². The summed E-state index contributed by atoms with van der Waals surface area (Å²) < 4.78 is 1.36. The second-order valence-corrected chi connectivity index (χ2v) is 5.79. The van der Waals surface area contributed by atoms with E-state index in [1.165, 1.54) is 4.57 Å². The van der Waals surface area contributed by atoms with Crippen molar-refractivity contribution in [3.63, 3.8) is 0 Å². The highest BCUT2D eigenvalue weighted by Gasteiger charge is 2.40. The molecule has 3 rings (SSSR count). The van der Waals surface area contributed by atoms with Gasteiger partial charge in [-0.3, -0.25) is 14.2 Å². The number of carbonyl (C=O) groups is 2. The van der Waals surface area contributed by atoms with Gasteiger partial charge < -0.3 is 15.4 Å². The molecule has 7 nitrogen and oxygen atoms in total. The highest BCUT2D eigenvalue weighted by molar-refractivity contribution is 5.81. The maximum Gasteiger partial charge on any atom is 0.326 e. The van der Waals surface area contributed by atoms with Crippen LogP contribution in [-0.2, 0) is 16.1 Å². The Hall–Kier alpha value is -2.57. The third kappa shape index (κ3) is 2.61. The Bertz CT molecular complexity index is 785. The van der Waals surface area contributed by atoms with Crippen LogP contribution in [0.1, 0.15) is 25.7 Å². The van der Waals surface area contributed by atoms with Crippen LogP contribution >= 0.6 is 0 Å². The van der Waals surface area contributed by atoms with Crippen molar-refractivity contribution in [3.8, 4) is 0 Å². The summed E-state index contributed by atoms with van der Waals surface area (Å²) >= 11 is 0. The van der Waals surface area contributed by atoms with Gasteiger partial charge in [-0.1, -0.05) is 12.1 Å². The first kappa shape index (κ1) is 14.4. The van der Waals surface area contributed by atoms with Crippen molar-refractivity contribution in [2.75, 3.05) is 0 Å². The van der Waals surface area contributed by atoms with Gasteiger partial charge in [0.05, 0.1) is 23.0 Å². The van der Waals surface area contributed by atoms with E-state index >= 15 is 0 Å². The molecule has 0 atom stereocenters. The molecule has 1 fully saturated rings. The lowest BCUT2D eigenvalue weighted by molar-refractivity contribution is -0.140. The Morgan fingerprint density at radius 1 is 1.32 bits per heavy atom. The van der Waals surface area contributed by atoms with E-state index in [9.17, 15) is 14.4 Å². The number of aromatic amines is 1. The van der Waals surface area contributed by atoms with Crippen LogP contribution in [0.4, 0.5) is 0 Å². The minimum atomic E-state index is -0.927. The molecule has 22 heavy (non-hydrogen) atoms. The number of H-pyrrole nitrogens is 1. The van der Waals surface area contributed by atoms with Crippen LogP contribution < -0.4 is 11.0 Å². The van der Waals surface area contributed by atoms with Gasteiger partial charge in [-0.15, -0.1) is 0 Å². The van der Waals surface area contributed by atoms with Gasteiger partial charge in [0.2, 0.25) is 5.91 Å². The van der Waals surface area contributed by atoms with E-state index < -0.39 is 11.5 Å². The Morgan fingerprint density at radius 3 is 2.68 bits per heavy atom. The molecule has 1 aromatic heterocycles. The number of nitrogens with zero attached hydrogens (tertiary/aromatic N) is 1. The Balaban J connectivity index is 1.77. The summed E-state index contributed by atoms with van der Waals surface area (Å²) in [5.74, 6) is -1.27. The van der Waals surface area contributed by atoms with Crippen molar-refractivity contribution in [1.29, 1.82) is 0 Å². The van der Waals surface area contributed by atoms with Crippen LogP contribution in [0.2, 0.25) is 0 Å². The number of carboxylic acid groups (broad SMARTS) is 1. The molecule has 0 spiro atoms. The Labute approximate surface area is 125 Å². The van der Waals surface area contributed by atoms with Gasteiger partial charge in [0.1, 0.15) is 6.54 Å². The summed E-state index contributed by atoms with van der Waals surface area (Å²) in [6.45, 7) is -0.121. The molecule has 1 aromatic carbocycles. The molecule has 0 saturated heterocycles. The molecule has 2 aromatic rings. The van der Waals surface area contributed by atoms with Crippen molar-refractivity contribution >= 4 is 22.9 Å². The first-order valence-corrected chi connectivity index (χ1v) is 7.19. The van der Waals surface area contributed by atoms with Gasteiger partial charge in [0.15, 0.2) is 0 Å². The molecular weight excluding hydrogens is 286 g/mol. The fraction of sp³-hybridized carbons (Fsp3) is 0.400. The summed E-state index contributed by atoms with van der Waals surface area (Å²) in [7, 11) is 0. The largest absolute Gasteiger partial charge is 0.481 e. The lowest BCUT2D eigenvalue weighted by Gasteiger charge is -2.41. The minimum absolute atomic E-state index is 0.0818. The van der Waals surface area contributed by atoms with Gasteiger partial charge >= 0.3 is 11.7 Å². The first-order chi connectivity index (χ1) is 10.5. The summed E-state index contributed by atoms with van der Waals surface area (Å²) in [5.41, 5.74) is 0.323. The van der Waals surface area contributed by atoms with Crippen molar-refractivity contribution in [1.82, 2.24) is 14.9 Å². The van der Waals surface area contributed by atoms with Crippen LogP contribution in [0.25, 0.3) is 11.0 Å². The summed E-state index contributed by atoms with van der Waals surface area (Å²) in [6, 6.07) is 7.13. The van der Waals surface area contributed by atoms with Crippen LogP contribution in [0.3, 0.4) is 0 Å². The summed E-state index contributed by atoms with van der Waals surface area (Å²) in [6.07, 6.45) is 2.14. The smallest absolute Gasteiger partial charge is 0.326 e. The number of rotatable bonds is 5. The average molecular weight is 303 g/mol. The SMILES string of the molecule is O=C(O)CC1(NC(=O)Cn2c(=O)[nH]c3ccccc32)CCC1. The van der Waals surface area contributed by atoms with Crippen molar-refractivity contribution in [3.05, 3.63) is 34.7 Å². The highest BCUT2D eigenvalue weighted by atomic mass is 16.4. The normalized spacial score (nSPS) is 16.2. The van der Waals surface area contributed by atoms with Crippen molar-refractivity contribution < 1.29 is 14.7 Å². The zero-order chi connectivity index (χ0) is 15.7. The molecule has 0 unspecified atom stereocenters. The van der Waals surface area contributed by atoms with E-state index in [2.05, 4.69) is 10.3 Å². The molecular formula is C15H17N3O4. The first-order valence-electron chi connectivity index (χ1n) is 7.19. The quantitative estimate of drug-likeness (QED) is 0.761. The maximum absolute atomic E-state index is 12.2. The number of hydrogen-bond donors (Lipinski definition) is 3. The number of hydrogen-bond acceptors (Lipinski definition) is 3. The molecule has 3 N–H and O–H groups in total. The third-order valence-corrected chi connectivity index (χ3v) is 4.19. The highest BCUT2D eigenvalue weighted by Crippen LogP contribution is 2.34. The Morgan fingerprint density at radius 2 is 2.05 bits per heavy atom. The summed E-state index contributed by atoms with van der Waals surface area (Å²) in [5, 5.41) is 11.8. The van der Waals surface area contributed by atoms with Crippen LogP contribution in [0.15, 0.2) is 29.1 Å². The monoisotopic (exact) mass is 303 g/mol. The molecule has 1 aliphatic rings. The fourth-order valence-corrected chi connectivity index (χ4v) is 2.98. The van der Waals surface area contributed by atoms with Crippen LogP contribution in [0.5, 0.6) is 0 Å². The number of benzene rings is 1. The minimum Gasteiger partial charge on any atom is -0.481 e. The van der Waals surface area contributed by atoms with Gasteiger partial charge in [0, 0.05) is 0 Å². The number of para-hydroxylation sites is 2. The predicted octanol–water partition coefficient (Wildman–Crippen LogP) is 0.843. The van der Waals surface area contributed by atoms with Gasteiger partial charge in [-0.05, 0) is 31.4 Å². The molecule has 1 heterocycles. The zero-order valence-electron chi connectivity index (χ0n) is 12.0. The molecule has 1 aliphatic carbocycles. The predicted molar refractivity (Wildman–Crippen MR) is 79.5 cm³/mol. The van der Waals surface area contributed by atoms with E-state index in [1.54, 1.807) is 24.3 Å². The number of aromatic nitrogens is 2. The number of imidazole rings is 1. The number of nitrogens with one attached hydrogen (secondary N) is 2. The molecule has 7 heteroatoms. The number of carbonyl (C=O) groups excluding carboxylic acids is 1. The number of fused-ring (bicyclic) bond motifs is 1. The Kier molecular flexibility index (Phi) is 3.48. The zero-order valence-corrected chi connectivity index (χ0v) is 12.0. The van der Waals surface area contributed by atoms with E-state index in [0.717, 1.165) is 6.42 Å². The molecule has 1 saturated carbocycles. The standard InChI is InChI=1S/C15H17N3O4/c19-12(17-15(6-3-7-15)8-13(20)21)9-18-11-5-2-1-4-10(11)16-14(18)22/h1-2,4-5H,3,6-9H2,(H,16,22)(H,17,19)(H,20,21). The maximum atomic E-state index is 12.2. The van der Waals surface area contributed by atoms with Crippen LogP contribution in [-0.4, -0.2) is 32.1 Å². The van der Waals surface area contributed by atoms with E-state index in [0.29, 0.717) is 23.9 Å². The second-order valence-electron chi connectivity index (χ2n) is 5.79. The number of amides is 1. The summed E-state index contributed by atoms with van der Waals surface area (Å²) in [4.78, 5) is 37.8. The lowest BCUT2D eigenvalue weighted by Crippen LogP contribution is -2.55. The van der Waals surface area contributed by atoms with Gasteiger partial charge in [-0.25, -0.2) is 4.79 Å². The molecule has 0 aliphatic heterocycles. The second kappa shape index (κ2) is 5.32. The molecule has 1 amide bonds. The van der Waals surface area contributed by atoms with Gasteiger partial charge in [-0.2, -0.15) is 0 Å². The van der Waals surface area contributed by atoms with Gasteiger partial charge in [0.25, 0.3) is 0 Å². The average Bonchev–Trinajstić information content (AvgIpc) is 2.72.